The standard InChI is InChI=1S/C11H26O5Si/c1-7-13-17(14-8-2,15-9-3)16-11(6,12)10(4)5/h10,12H,7-9H2,1-6H3. The zero-order valence-electron chi connectivity index (χ0n) is 11.8. The van der Waals surface area contributed by atoms with Gasteiger partial charge in [-0.2, -0.15) is 0 Å². The van der Waals surface area contributed by atoms with Crippen LogP contribution in [0.4, 0.5) is 0 Å². The van der Waals surface area contributed by atoms with E-state index in [1.807, 2.05) is 34.6 Å². The Morgan fingerprint density at radius 1 is 1.00 bits per heavy atom. The molecule has 0 rings (SSSR count). The van der Waals surface area contributed by atoms with E-state index in [0.29, 0.717) is 19.8 Å². The van der Waals surface area contributed by atoms with Gasteiger partial charge >= 0.3 is 9.05 Å². The summed E-state index contributed by atoms with van der Waals surface area (Å²) in [5.74, 6) is -1.41. The van der Waals surface area contributed by atoms with Crippen molar-refractivity contribution in [1.29, 1.82) is 0 Å². The first-order valence-electron chi connectivity index (χ1n) is 6.17. The van der Waals surface area contributed by atoms with Gasteiger partial charge in [0.25, 0.3) is 0 Å². The number of hydrogen-bond donors (Lipinski definition) is 1. The van der Waals surface area contributed by atoms with E-state index in [4.69, 9.17) is 17.7 Å². The molecule has 0 aromatic rings. The van der Waals surface area contributed by atoms with Gasteiger partial charge in [-0.1, -0.05) is 13.8 Å². The lowest BCUT2D eigenvalue weighted by Gasteiger charge is -2.36. The highest BCUT2D eigenvalue weighted by atomic mass is 28.4. The minimum absolute atomic E-state index is 0.0873. The maximum Gasteiger partial charge on any atom is 0.681 e. The van der Waals surface area contributed by atoms with Gasteiger partial charge < -0.3 is 22.8 Å². The minimum Gasteiger partial charge on any atom is -0.366 e. The van der Waals surface area contributed by atoms with Crippen molar-refractivity contribution in [2.24, 2.45) is 5.92 Å². The Morgan fingerprint density at radius 3 is 1.59 bits per heavy atom. The van der Waals surface area contributed by atoms with Crippen LogP contribution in [-0.2, 0) is 17.7 Å². The maximum absolute atomic E-state index is 10.2. The fraction of sp³-hybridized carbons (Fsp3) is 1.00. The molecular formula is C11H26O5Si. The van der Waals surface area contributed by atoms with E-state index in [1.54, 1.807) is 6.92 Å². The third-order valence-electron chi connectivity index (χ3n) is 2.37. The average molecular weight is 266 g/mol. The molecule has 17 heavy (non-hydrogen) atoms. The Balaban J connectivity index is 4.87. The summed E-state index contributed by atoms with van der Waals surface area (Å²) in [6, 6.07) is 0. The smallest absolute Gasteiger partial charge is 0.366 e. The van der Waals surface area contributed by atoms with Crippen LogP contribution in [0.1, 0.15) is 41.5 Å². The zero-order chi connectivity index (χ0) is 13.5. The van der Waals surface area contributed by atoms with Crippen molar-refractivity contribution in [2.75, 3.05) is 19.8 Å². The third-order valence-corrected chi connectivity index (χ3v) is 4.96. The third kappa shape index (κ3) is 5.46. The van der Waals surface area contributed by atoms with E-state index in [1.165, 1.54) is 0 Å². The van der Waals surface area contributed by atoms with E-state index in [2.05, 4.69) is 0 Å². The molecule has 6 heteroatoms. The molecule has 0 fully saturated rings. The summed E-state index contributed by atoms with van der Waals surface area (Å²) < 4.78 is 22.2. The summed E-state index contributed by atoms with van der Waals surface area (Å²) in [6.45, 7) is 12.1. The summed E-state index contributed by atoms with van der Waals surface area (Å²) in [7, 11) is -3.24. The van der Waals surface area contributed by atoms with Crippen molar-refractivity contribution in [3.63, 3.8) is 0 Å². The molecule has 0 spiro atoms. The Morgan fingerprint density at radius 2 is 1.35 bits per heavy atom. The van der Waals surface area contributed by atoms with Gasteiger partial charge in [0.05, 0.1) is 0 Å². The van der Waals surface area contributed by atoms with Gasteiger partial charge in [-0.25, -0.2) is 0 Å². The predicted molar refractivity (Wildman–Crippen MR) is 67.2 cm³/mol. The van der Waals surface area contributed by atoms with Gasteiger partial charge in [0.2, 0.25) is 0 Å². The zero-order valence-corrected chi connectivity index (χ0v) is 12.8. The highest BCUT2D eigenvalue weighted by Crippen LogP contribution is 2.25. The number of aliphatic hydroxyl groups is 1. The van der Waals surface area contributed by atoms with Crippen molar-refractivity contribution in [3.8, 4) is 0 Å². The van der Waals surface area contributed by atoms with Crippen LogP contribution in [0.25, 0.3) is 0 Å². The lowest BCUT2D eigenvalue weighted by molar-refractivity contribution is -0.209. The molecule has 0 saturated carbocycles. The van der Waals surface area contributed by atoms with E-state index in [9.17, 15) is 5.11 Å². The molecule has 0 aromatic carbocycles. The molecule has 0 aliphatic carbocycles. The van der Waals surface area contributed by atoms with E-state index in [0.717, 1.165) is 0 Å². The average Bonchev–Trinajstić information content (AvgIpc) is 2.17. The molecule has 0 saturated heterocycles. The van der Waals surface area contributed by atoms with Crippen LogP contribution in [0.15, 0.2) is 0 Å². The topological polar surface area (TPSA) is 57.2 Å². The van der Waals surface area contributed by atoms with Crippen LogP contribution < -0.4 is 0 Å². The summed E-state index contributed by atoms with van der Waals surface area (Å²) in [6.07, 6.45) is 0. The van der Waals surface area contributed by atoms with Crippen LogP contribution in [-0.4, -0.2) is 39.8 Å². The van der Waals surface area contributed by atoms with E-state index >= 15 is 0 Å². The predicted octanol–water partition coefficient (Wildman–Crippen LogP) is 1.91. The molecule has 0 radical (unpaired) electrons. The van der Waals surface area contributed by atoms with Crippen LogP contribution in [0.5, 0.6) is 0 Å². The summed E-state index contributed by atoms with van der Waals surface area (Å²) in [4.78, 5) is 0. The van der Waals surface area contributed by atoms with Gasteiger partial charge in [0, 0.05) is 25.7 Å². The Labute approximate surface area is 106 Å². The fourth-order valence-corrected chi connectivity index (χ4v) is 3.34. The van der Waals surface area contributed by atoms with Crippen LogP contribution in [0.3, 0.4) is 0 Å². The van der Waals surface area contributed by atoms with Gasteiger partial charge in [0.1, 0.15) is 0 Å². The first kappa shape index (κ1) is 17.0. The second-order valence-electron chi connectivity index (χ2n) is 4.11. The highest BCUT2D eigenvalue weighted by Gasteiger charge is 2.51. The molecule has 0 aliphatic heterocycles. The molecule has 1 unspecified atom stereocenters. The molecule has 104 valence electrons. The normalized spacial score (nSPS) is 16.2. The lowest BCUT2D eigenvalue weighted by atomic mass is 10.1. The van der Waals surface area contributed by atoms with Gasteiger partial charge in [-0.15, -0.1) is 0 Å². The lowest BCUT2D eigenvalue weighted by Crippen LogP contribution is -2.56. The Kier molecular flexibility index (Phi) is 7.46. The summed E-state index contributed by atoms with van der Waals surface area (Å²) in [5.41, 5.74) is 0. The van der Waals surface area contributed by atoms with Crippen molar-refractivity contribution < 1.29 is 22.8 Å². The molecule has 0 aliphatic rings. The van der Waals surface area contributed by atoms with Crippen molar-refractivity contribution in [3.05, 3.63) is 0 Å². The van der Waals surface area contributed by atoms with Crippen molar-refractivity contribution in [1.82, 2.24) is 0 Å². The molecule has 0 amide bonds. The monoisotopic (exact) mass is 266 g/mol. The number of hydrogen-bond acceptors (Lipinski definition) is 5. The summed E-state index contributed by atoms with van der Waals surface area (Å²) in [5, 5.41) is 10.2. The van der Waals surface area contributed by atoms with Crippen LogP contribution >= 0.6 is 0 Å². The Hall–Kier alpha value is 0.0169. The largest absolute Gasteiger partial charge is 0.681 e. The van der Waals surface area contributed by atoms with Gasteiger partial charge in [0.15, 0.2) is 5.79 Å². The van der Waals surface area contributed by atoms with E-state index < -0.39 is 14.8 Å². The van der Waals surface area contributed by atoms with E-state index in [-0.39, 0.29) is 5.92 Å². The first-order chi connectivity index (χ1) is 7.83. The first-order valence-corrected chi connectivity index (χ1v) is 7.81. The molecule has 0 heterocycles. The SMILES string of the molecule is CCO[Si](OCC)(OCC)OC(C)(O)C(C)C. The highest BCUT2D eigenvalue weighted by molar-refractivity contribution is 6.53. The molecule has 1 N–H and O–H groups in total. The van der Waals surface area contributed by atoms with Crippen molar-refractivity contribution in [2.45, 2.75) is 47.3 Å². The second kappa shape index (κ2) is 7.45. The minimum atomic E-state index is -3.24. The van der Waals surface area contributed by atoms with Crippen LogP contribution in [0.2, 0.25) is 0 Å². The number of rotatable bonds is 9. The molecule has 5 nitrogen and oxygen atoms in total. The maximum atomic E-state index is 10.2. The summed E-state index contributed by atoms with van der Waals surface area (Å²) >= 11 is 0. The molecule has 0 bridgehead atoms. The van der Waals surface area contributed by atoms with Gasteiger partial charge in [-0.05, 0) is 27.7 Å². The fourth-order valence-electron chi connectivity index (χ4n) is 1.11. The van der Waals surface area contributed by atoms with Crippen LogP contribution in [0, 0.1) is 5.92 Å². The molecular weight excluding hydrogens is 240 g/mol. The molecule has 0 aromatic heterocycles. The van der Waals surface area contributed by atoms with Gasteiger partial charge in [-0.3, -0.25) is 0 Å². The molecule has 1 atom stereocenters. The second-order valence-corrected chi connectivity index (χ2v) is 6.18. The Bertz CT molecular complexity index is 191. The quantitative estimate of drug-likeness (QED) is 0.510. The van der Waals surface area contributed by atoms with Crippen molar-refractivity contribution >= 4 is 9.05 Å².